The average molecular weight is 244 g/mol. The zero-order valence-electron chi connectivity index (χ0n) is 10.3. The third-order valence-corrected chi connectivity index (χ3v) is 3.16. The van der Waals surface area contributed by atoms with Crippen molar-refractivity contribution in [3.8, 4) is 0 Å². The van der Waals surface area contributed by atoms with Gasteiger partial charge in [0.05, 0.1) is 18.6 Å². The number of hydrogen-bond acceptors (Lipinski definition) is 2. The van der Waals surface area contributed by atoms with Crippen LogP contribution in [0.15, 0.2) is 42.1 Å². The number of carboxylic acids is 1. The van der Waals surface area contributed by atoms with E-state index in [-0.39, 0.29) is 12.5 Å². The van der Waals surface area contributed by atoms with Crippen LogP contribution < -0.4 is 0 Å². The molecule has 2 atom stereocenters. The lowest BCUT2D eigenvalue weighted by Gasteiger charge is -2.12. The molecule has 1 fully saturated rings. The molecule has 3 nitrogen and oxygen atoms in total. The molecule has 1 aliphatic rings. The highest BCUT2D eigenvalue weighted by atomic mass is 16.5. The van der Waals surface area contributed by atoms with E-state index in [0.29, 0.717) is 6.42 Å². The Kier molecular flexibility index (Phi) is 3.66. The quantitative estimate of drug-likeness (QED) is 0.831. The smallest absolute Gasteiger partial charge is 0.306 e. The summed E-state index contributed by atoms with van der Waals surface area (Å²) < 4.78 is 5.78. The van der Waals surface area contributed by atoms with Gasteiger partial charge < -0.3 is 9.84 Å². The van der Waals surface area contributed by atoms with E-state index in [9.17, 15) is 4.79 Å². The van der Waals surface area contributed by atoms with Crippen LogP contribution in [0, 0.1) is 6.92 Å². The minimum Gasteiger partial charge on any atom is -0.481 e. The third kappa shape index (κ3) is 2.70. The van der Waals surface area contributed by atoms with Gasteiger partial charge in [-0.25, -0.2) is 0 Å². The highest BCUT2D eigenvalue weighted by molar-refractivity contribution is 5.68. The van der Waals surface area contributed by atoms with Crippen LogP contribution in [0.4, 0.5) is 0 Å². The molecule has 0 spiro atoms. The van der Waals surface area contributed by atoms with Crippen molar-refractivity contribution in [2.24, 2.45) is 0 Å². The lowest BCUT2D eigenvalue weighted by atomic mass is 10.0. The van der Waals surface area contributed by atoms with Crippen molar-refractivity contribution in [2.75, 3.05) is 0 Å². The van der Waals surface area contributed by atoms with Crippen LogP contribution in [0.5, 0.6) is 0 Å². The maximum atomic E-state index is 10.8. The lowest BCUT2D eigenvalue weighted by Crippen LogP contribution is -2.13. The van der Waals surface area contributed by atoms with Crippen molar-refractivity contribution >= 4 is 5.97 Å². The highest BCUT2D eigenvalue weighted by Gasteiger charge is 2.32. The maximum Gasteiger partial charge on any atom is 0.306 e. The van der Waals surface area contributed by atoms with Crippen LogP contribution in [0.25, 0.3) is 0 Å². The number of carbonyl (C=O) groups is 1. The van der Waals surface area contributed by atoms with Crippen LogP contribution in [0.2, 0.25) is 0 Å². The van der Waals surface area contributed by atoms with Crippen LogP contribution in [0.1, 0.15) is 30.1 Å². The van der Waals surface area contributed by atoms with Crippen molar-refractivity contribution in [2.45, 2.75) is 32.0 Å². The normalized spacial score (nSPS) is 22.8. The maximum absolute atomic E-state index is 10.8. The van der Waals surface area contributed by atoms with Gasteiger partial charge in [0.2, 0.25) is 0 Å². The Hall–Kier alpha value is -1.83. The molecule has 2 rings (SSSR count). The molecule has 3 heteroatoms. The van der Waals surface area contributed by atoms with Crippen LogP contribution in [-0.4, -0.2) is 17.2 Å². The number of benzene rings is 1. The van der Waals surface area contributed by atoms with Crippen LogP contribution in [-0.2, 0) is 9.53 Å². The second-order valence-corrected chi connectivity index (χ2v) is 4.53. The standard InChI is InChI=1S/C15H16O3/c1-3-11-8-13(18-14(11)9-15(16)17)12-6-4-10(2)5-7-12/h4-7,13-14H,1,8-9H2,2H3,(H,16,17). The largest absolute Gasteiger partial charge is 0.481 e. The predicted octanol–water partition coefficient (Wildman–Crippen LogP) is 3.01. The Balaban J connectivity index is 2.16. The van der Waals surface area contributed by atoms with E-state index in [1.165, 1.54) is 5.56 Å². The minimum absolute atomic E-state index is 0.0276. The Morgan fingerprint density at radius 2 is 2.17 bits per heavy atom. The first kappa shape index (κ1) is 12.6. The van der Waals surface area contributed by atoms with Crippen molar-refractivity contribution in [3.63, 3.8) is 0 Å². The highest BCUT2D eigenvalue weighted by Crippen LogP contribution is 2.37. The number of hydrogen-bond donors (Lipinski definition) is 1. The van der Waals surface area contributed by atoms with Crippen LogP contribution in [0.3, 0.4) is 0 Å². The molecule has 1 aromatic carbocycles. The van der Waals surface area contributed by atoms with Crippen molar-refractivity contribution in [3.05, 3.63) is 53.3 Å². The molecule has 1 aromatic rings. The van der Waals surface area contributed by atoms with E-state index in [4.69, 9.17) is 9.84 Å². The van der Waals surface area contributed by atoms with Gasteiger partial charge in [0.15, 0.2) is 0 Å². The van der Waals surface area contributed by atoms with Gasteiger partial charge in [0.1, 0.15) is 0 Å². The number of aryl methyl sites for hydroxylation is 1. The molecule has 0 radical (unpaired) electrons. The number of carboxylic acid groups (broad SMARTS) is 1. The third-order valence-electron chi connectivity index (χ3n) is 3.16. The molecule has 1 saturated heterocycles. The summed E-state index contributed by atoms with van der Waals surface area (Å²) in [6, 6.07) is 8.09. The second-order valence-electron chi connectivity index (χ2n) is 4.53. The predicted molar refractivity (Wildman–Crippen MR) is 68.3 cm³/mol. The Morgan fingerprint density at radius 3 is 2.72 bits per heavy atom. The minimum atomic E-state index is -0.864. The number of ether oxygens (including phenoxy) is 1. The molecule has 0 saturated carbocycles. The van der Waals surface area contributed by atoms with E-state index < -0.39 is 12.1 Å². The van der Waals surface area contributed by atoms with Gasteiger partial charge in [-0.2, -0.15) is 0 Å². The first-order valence-electron chi connectivity index (χ1n) is 5.93. The first-order valence-corrected chi connectivity index (χ1v) is 5.93. The fourth-order valence-corrected chi connectivity index (χ4v) is 2.15. The van der Waals surface area contributed by atoms with Gasteiger partial charge in [-0.1, -0.05) is 36.4 Å². The van der Waals surface area contributed by atoms with E-state index in [0.717, 1.165) is 11.1 Å². The Morgan fingerprint density at radius 1 is 1.50 bits per heavy atom. The Bertz CT molecular complexity index is 495. The summed E-state index contributed by atoms with van der Waals surface area (Å²) in [6.45, 7) is 5.64. The van der Waals surface area contributed by atoms with Crippen molar-refractivity contribution < 1.29 is 14.6 Å². The van der Waals surface area contributed by atoms with Crippen molar-refractivity contribution in [1.82, 2.24) is 0 Å². The summed E-state index contributed by atoms with van der Waals surface area (Å²) >= 11 is 0. The SMILES string of the molecule is C=C=C1CC(c2ccc(C)cc2)OC1CC(=O)O. The lowest BCUT2D eigenvalue weighted by molar-refractivity contribution is -0.139. The van der Waals surface area contributed by atoms with Crippen molar-refractivity contribution in [1.29, 1.82) is 0 Å². The summed E-state index contributed by atoms with van der Waals surface area (Å²) in [4.78, 5) is 10.8. The first-order chi connectivity index (χ1) is 8.60. The van der Waals surface area contributed by atoms with E-state index in [2.05, 4.69) is 12.3 Å². The molecular formula is C15H16O3. The monoisotopic (exact) mass is 244 g/mol. The molecule has 0 bridgehead atoms. The van der Waals surface area contributed by atoms with E-state index in [1.807, 2.05) is 31.2 Å². The van der Waals surface area contributed by atoms with Gasteiger partial charge >= 0.3 is 5.97 Å². The summed E-state index contributed by atoms with van der Waals surface area (Å²) in [6.07, 6.45) is 0.163. The van der Waals surface area contributed by atoms with Gasteiger partial charge in [0.25, 0.3) is 0 Å². The van der Waals surface area contributed by atoms with Gasteiger partial charge in [-0.05, 0) is 12.5 Å². The summed E-state index contributed by atoms with van der Waals surface area (Å²) in [7, 11) is 0. The van der Waals surface area contributed by atoms with E-state index >= 15 is 0 Å². The molecule has 94 valence electrons. The number of rotatable bonds is 3. The molecule has 0 aromatic heterocycles. The zero-order chi connectivity index (χ0) is 13.1. The Labute approximate surface area is 106 Å². The fourth-order valence-electron chi connectivity index (χ4n) is 2.15. The molecule has 1 N–H and O–H groups in total. The van der Waals surface area contributed by atoms with Gasteiger partial charge in [-0.15, -0.1) is 5.73 Å². The fraction of sp³-hybridized carbons (Fsp3) is 0.333. The molecule has 1 aliphatic heterocycles. The van der Waals surface area contributed by atoms with Gasteiger partial charge in [0, 0.05) is 12.0 Å². The molecule has 2 unspecified atom stereocenters. The molecular weight excluding hydrogens is 228 g/mol. The average Bonchev–Trinajstić information content (AvgIpc) is 2.72. The van der Waals surface area contributed by atoms with Crippen LogP contribution >= 0.6 is 0 Å². The van der Waals surface area contributed by atoms with Gasteiger partial charge in [-0.3, -0.25) is 4.79 Å². The van der Waals surface area contributed by atoms with E-state index in [1.54, 1.807) is 0 Å². The second kappa shape index (κ2) is 5.21. The summed E-state index contributed by atoms with van der Waals surface area (Å²) in [5.74, 6) is -0.864. The molecule has 1 heterocycles. The number of aliphatic carboxylic acids is 1. The summed E-state index contributed by atoms with van der Waals surface area (Å²) in [5, 5.41) is 8.84. The topological polar surface area (TPSA) is 46.5 Å². The zero-order valence-corrected chi connectivity index (χ0v) is 10.3. The molecule has 18 heavy (non-hydrogen) atoms. The molecule has 0 amide bonds. The molecule has 0 aliphatic carbocycles. The summed E-state index contributed by atoms with van der Waals surface area (Å²) in [5.41, 5.74) is 5.92.